The summed E-state index contributed by atoms with van der Waals surface area (Å²) < 4.78 is 28.4. The number of hydrogen-bond donors (Lipinski definition) is 1. The fourth-order valence-corrected chi connectivity index (χ4v) is 3.81. The van der Waals surface area contributed by atoms with Crippen LogP contribution < -0.4 is 0 Å². The number of nitrogens with zero attached hydrogens (tertiary/aromatic N) is 2. The topological polar surface area (TPSA) is 53.4 Å². The molecule has 114 valence electrons. The average molecular weight is 361 g/mol. The number of amides is 1. The summed E-state index contributed by atoms with van der Waals surface area (Å²) in [5.41, 5.74) is -1.04. The number of carbonyl (C=O) groups excluding carboxylic acids is 1. The van der Waals surface area contributed by atoms with Crippen molar-refractivity contribution in [3.8, 4) is 0 Å². The molecular weight excluding hydrogens is 346 g/mol. The van der Waals surface area contributed by atoms with Gasteiger partial charge >= 0.3 is 0 Å². The summed E-state index contributed by atoms with van der Waals surface area (Å²) in [5, 5.41) is 10.1. The molecule has 21 heavy (non-hydrogen) atoms. The van der Waals surface area contributed by atoms with Gasteiger partial charge in [-0.1, -0.05) is 18.9 Å². The first kappa shape index (κ1) is 14.8. The normalized spacial score (nSPS) is 26.5. The van der Waals surface area contributed by atoms with E-state index >= 15 is 0 Å². The summed E-state index contributed by atoms with van der Waals surface area (Å²) in [6.07, 6.45) is 0.488. The molecule has 1 unspecified atom stereocenters. The van der Waals surface area contributed by atoms with Gasteiger partial charge in [0, 0.05) is 0 Å². The molecule has 1 N–H and O–H groups in total. The van der Waals surface area contributed by atoms with Gasteiger partial charge in [0.25, 0.3) is 11.8 Å². The number of hydrogen-bond acceptors (Lipinski definition) is 3. The van der Waals surface area contributed by atoms with Gasteiger partial charge in [-0.3, -0.25) is 4.79 Å². The van der Waals surface area contributed by atoms with Crippen molar-refractivity contribution in [1.82, 2.24) is 9.88 Å². The molecule has 0 bridgehead atoms. The molecule has 1 aromatic rings. The molecule has 2 heterocycles. The zero-order chi connectivity index (χ0) is 15.3. The maximum atomic E-state index is 14.0. The molecule has 1 aliphatic heterocycles. The van der Waals surface area contributed by atoms with E-state index in [0.717, 1.165) is 17.7 Å². The number of pyridine rings is 1. The SMILES string of the molecule is O=C(c1cccc(Br)n1)N1CC(F)(F)C(O)C12CCCC2. The van der Waals surface area contributed by atoms with Gasteiger partial charge in [0.15, 0.2) is 0 Å². The lowest BCUT2D eigenvalue weighted by Gasteiger charge is -2.36. The first-order valence-electron chi connectivity index (χ1n) is 6.87. The Kier molecular flexibility index (Phi) is 3.52. The summed E-state index contributed by atoms with van der Waals surface area (Å²) in [7, 11) is 0. The van der Waals surface area contributed by atoms with Crippen LogP contribution in [0.25, 0.3) is 0 Å². The second-order valence-electron chi connectivity index (χ2n) is 5.71. The van der Waals surface area contributed by atoms with Crippen molar-refractivity contribution in [1.29, 1.82) is 0 Å². The lowest BCUT2D eigenvalue weighted by molar-refractivity contribution is -0.0959. The van der Waals surface area contributed by atoms with Crippen LogP contribution in [0.4, 0.5) is 8.78 Å². The standard InChI is InChI=1S/C14H15BrF2N2O2/c15-10-5-3-4-9(18-10)11(20)19-8-14(16,17)12(21)13(19)6-1-2-7-13/h3-5,12,21H,1-2,6-8H2. The van der Waals surface area contributed by atoms with Crippen LogP contribution in [0.15, 0.2) is 22.8 Å². The number of aliphatic hydroxyl groups is 1. The smallest absolute Gasteiger partial charge is 0.292 e. The molecule has 1 aliphatic carbocycles. The molecular formula is C14H15BrF2N2O2. The second-order valence-corrected chi connectivity index (χ2v) is 6.52. The van der Waals surface area contributed by atoms with E-state index in [4.69, 9.17) is 0 Å². The monoisotopic (exact) mass is 360 g/mol. The van der Waals surface area contributed by atoms with E-state index in [9.17, 15) is 18.7 Å². The van der Waals surface area contributed by atoms with E-state index < -0.39 is 30.0 Å². The lowest BCUT2D eigenvalue weighted by Crippen LogP contribution is -2.52. The Morgan fingerprint density at radius 1 is 1.38 bits per heavy atom. The third kappa shape index (κ3) is 2.26. The summed E-state index contributed by atoms with van der Waals surface area (Å²) in [4.78, 5) is 17.8. The van der Waals surface area contributed by atoms with E-state index in [-0.39, 0.29) is 5.69 Å². The van der Waals surface area contributed by atoms with Crippen LogP contribution in [0.5, 0.6) is 0 Å². The maximum absolute atomic E-state index is 14.0. The number of alkyl halides is 2. The fraction of sp³-hybridized carbons (Fsp3) is 0.571. The van der Waals surface area contributed by atoms with Crippen molar-refractivity contribution in [2.75, 3.05) is 6.54 Å². The summed E-state index contributed by atoms with van der Waals surface area (Å²) in [6.45, 7) is -0.749. The molecule has 3 rings (SSSR count). The minimum Gasteiger partial charge on any atom is -0.384 e. The molecule has 2 fully saturated rings. The Morgan fingerprint density at radius 2 is 2.05 bits per heavy atom. The van der Waals surface area contributed by atoms with Crippen LogP contribution in [0.2, 0.25) is 0 Å². The summed E-state index contributed by atoms with van der Waals surface area (Å²) >= 11 is 3.17. The molecule has 2 aliphatic rings. The Hall–Kier alpha value is -1.08. The van der Waals surface area contributed by atoms with Crippen molar-refractivity contribution >= 4 is 21.8 Å². The van der Waals surface area contributed by atoms with E-state index in [1.54, 1.807) is 12.1 Å². The Bertz CT molecular complexity index is 576. The van der Waals surface area contributed by atoms with Crippen LogP contribution >= 0.6 is 15.9 Å². The van der Waals surface area contributed by atoms with Gasteiger partial charge in [-0.2, -0.15) is 0 Å². The van der Waals surface area contributed by atoms with Gasteiger partial charge in [0.2, 0.25) is 0 Å². The summed E-state index contributed by atoms with van der Waals surface area (Å²) in [5.74, 6) is -3.82. The lowest BCUT2D eigenvalue weighted by atomic mass is 9.90. The predicted molar refractivity (Wildman–Crippen MR) is 75.1 cm³/mol. The van der Waals surface area contributed by atoms with Gasteiger partial charge in [0.1, 0.15) is 16.4 Å². The average Bonchev–Trinajstić information content (AvgIpc) is 2.99. The zero-order valence-electron chi connectivity index (χ0n) is 11.2. The quantitative estimate of drug-likeness (QED) is 0.783. The van der Waals surface area contributed by atoms with Crippen LogP contribution in [-0.4, -0.2) is 45.0 Å². The molecule has 1 atom stereocenters. The molecule has 0 radical (unpaired) electrons. The Morgan fingerprint density at radius 3 is 2.67 bits per heavy atom. The van der Waals surface area contributed by atoms with Crippen LogP contribution in [-0.2, 0) is 0 Å². The van der Waals surface area contributed by atoms with Crippen molar-refractivity contribution < 1.29 is 18.7 Å². The molecule has 1 saturated heterocycles. The van der Waals surface area contributed by atoms with Crippen LogP contribution in [0, 0.1) is 0 Å². The molecule has 1 saturated carbocycles. The highest BCUT2D eigenvalue weighted by Gasteiger charge is 2.64. The van der Waals surface area contributed by atoms with Crippen molar-refractivity contribution in [3.63, 3.8) is 0 Å². The van der Waals surface area contributed by atoms with Crippen LogP contribution in [0.1, 0.15) is 36.2 Å². The highest BCUT2D eigenvalue weighted by Crippen LogP contribution is 2.49. The van der Waals surface area contributed by atoms with Crippen LogP contribution in [0.3, 0.4) is 0 Å². The van der Waals surface area contributed by atoms with Gasteiger partial charge < -0.3 is 10.0 Å². The van der Waals surface area contributed by atoms with E-state index in [0.29, 0.717) is 17.4 Å². The highest BCUT2D eigenvalue weighted by atomic mass is 79.9. The number of likely N-dealkylation sites (tertiary alicyclic amines) is 1. The van der Waals surface area contributed by atoms with Gasteiger partial charge in [0.05, 0.1) is 12.1 Å². The van der Waals surface area contributed by atoms with E-state index in [1.807, 2.05) is 0 Å². The molecule has 4 nitrogen and oxygen atoms in total. The number of aliphatic hydroxyl groups excluding tert-OH is 1. The van der Waals surface area contributed by atoms with Gasteiger partial charge in [-0.15, -0.1) is 0 Å². The molecule has 7 heteroatoms. The minimum absolute atomic E-state index is 0.112. The minimum atomic E-state index is -3.27. The number of rotatable bonds is 1. The highest BCUT2D eigenvalue weighted by molar-refractivity contribution is 9.10. The zero-order valence-corrected chi connectivity index (χ0v) is 12.8. The molecule has 1 spiro atoms. The Balaban J connectivity index is 1.98. The van der Waals surface area contributed by atoms with E-state index in [1.165, 1.54) is 6.07 Å². The third-order valence-electron chi connectivity index (χ3n) is 4.46. The van der Waals surface area contributed by atoms with Crippen molar-refractivity contribution in [3.05, 3.63) is 28.5 Å². The third-order valence-corrected chi connectivity index (χ3v) is 4.91. The largest absolute Gasteiger partial charge is 0.384 e. The molecule has 1 amide bonds. The number of carbonyl (C=O) groups is 1. The Labute approximate surface area is 129 Å². The first-order valence-corrected chi connectivity index (χ1v) is 7.66. The van der Waals surface area contributed by atoms with Gasteiger partial charge in [-0.25, -0.2) is 13.8 Å². The molecule has 1 aromatic heterocycles. The first-order chi connectivity index (χ1) is 9.87. The fourth-order valence-electron chi connectivity index (χ4n) is 3.47. The second kappa shape index (κ2) is 4.98. The van der Waals surface area contributed by atoms with E-state index in [2.05, 4.69) is 20.9 Å². The number of aromatic nitrogens is 1. The van der Waals surface area contributed by atoms with Crippen molar-refractivity contribution in [2.45, 2.75) is 43.2 Å². The summed E-state index contributed by atoms with van der Waals surface area (Å²) in [6, 6.07) is 4.80. The van der Waals surface area contributed by atoms with Crippen molar-refractivity contribution in [2.24, 2.45) is 0 Å². The predicted octanol–water partition coefficient (Wildman–Crippen LogP) is 2.61. The molecule has 0 aromatic carbocycles. The van der Waals surface area contributed by atoms with Gasteiger partial charge in [-0.05, 0) is 40.9 Å². The maximum Gasteiger partial charge on any atom is 0.292 e. The number of halogens is 3.